The highest BCUT2D eigenvalue weighted by atomic mass is 16.4. The summed E-state index contributed by atoms with van der Waals surface area (Å²) < 4.78 is 1.86. The van der Waals surface area contributed by atoms with Crippen LogP contribution in [0.4, 0.5) is 0 Å². The van der Waals surface area contributed by atoms with Crippen molar-refractivity contribution in [2.45, 2.75) is 6.92 Å². The number of oxime groups is 1. The quantitative estimate of drug-likeness (QED) is 0.497. The zero-order chi connectivity index (χ0) is 13.1. The van der Waals surface area contributed by atoms with Crippen molar-refractivity contribution in [2.75, 3.05) is 0 Å². The lowest BCUT2D eigenvalue weighted by Crippen LogP contribution is -1.95. The maximum atomic E-state index is 8.93. The van der Waals surface area contributed by atoms with Crippen molar-refractivity contribution in [1.29, 1.82) is 5.26 Å². The van der Waals surface area contributed by atoms with Gasteiger partial charge in [-0.2, -0.15) is 5.26 Å². The van der Waals surface area contributed by atoms with Crippen molar-refractivity contribution < 1.29 is 5.21 Å². The van der Waals surface area contributed by atoms with E-state index in [2.05, 4.69) is 11.2 Å². The monoisotopic (exact) mass is 239 g/mol. The van der Waals surface area contributed by atoms with Crippen molar-refractivity contribution in [3.63, 3.8) is 0 Å². The van der Waals surface area contributed by atoms with Gasteiger partial charge in [0.2, 0.25) is 0 Å². The summed E-state index contributed by atoms with van der Waals surface area (Å²) in [4.78, 5) is 0. The zero-order valence-corrected chi connectivity index (χ0v) is 10.3. The average Bonchev–Trinajstić information content (AvgIpc) is 2.73. The fraction of sp³-hybridized carbons (Fsp3) is 0.143. The van der Waals surface area contributed by atoms with Crippen LogP contribution < -0.4 is 0 Å². The fourth-order valence-electron chi connectivity index (χ4n) is 1.96. The molecule has 0 amide bonds. The van der Waals surface area contributed by atoms with Crippen molar-refractivity contribution in [2.24, 2.45) is 12.2 Å². The molecule has 0 fully saturated rings. The maximum absolute atomic E-state index is 8.93. The second kappa shape index (κ2) is 4.76. The van der Waals surface area contributed by atoms with Crippen LogP contribution >= 0.6 is 0 Å². The first kappa shape index (κ1) is 11.9. The average molecular weight is 239 g/mol. The third-order valence-electron chi connectivity index (χ3n) is 3.00. The van der Waals surface area contributed by atoms with E-state index < -0.39 is 0 Å². The molecule has 1 heterocycles. The second-order valence-corrected chi connectivity index (χ2v) is 4.09. The first-order valence-corrected chi connectivity index (χ1v) is 5.51. The predicted octanol–water partition coefficient (Wildman–Crippen LogP) is 2.68. The Morgan fingerprint density at radius 1 is 1.33 bits per heavy atom. The van der Waals surface area contributed by atoms with E-state index in [9.17, 15) is 0 Å². The molecule has 0 radical (unpaired) electrons. The molecule has 0 saturated carbocycles. The Morgan fingerprint density at radius 3 is 2.67 bits per heavy atom. The van der Waals surface area contributed by atoms with E-state index >= 15 is 0 Å². The van der Waals surface area contributed by atoms with Crippen LogP contribution in [0.25, 0.3) is 11.3 Å². The number of aryl methyl sites for hydroxylation is 1. The Labute approximate surface area is 105 Å². The standard InChI is InChI=1S/C14H13N3O/c1-10-7-11(3-4-12(10)9-16-18)14-6-5-13(8-15)17(14)2/h3-7,9,18H,1-2H3. The molecule has 0 aliphatic heterocycles. The van der Waals surface area contributed by atoms with Gasteiger partial charge in [-0.05, 0) is 41.8 Å². The van der Waals surface area contributed by atoms with E-state index in [0.717, 1.165) is 22.4 Å². The van der Waals surface area contributed by atoms with Gasteiger partial charge < -0.3 is 9.77 Å². The molecule has 90 valence electrons. The molecule has 0 bridgehead atoms. The molecule has 4 nitrogen and oxygen atoms in total. The van der Waals surface area contributed by atoms with Crippen molar-refractivity contribution in [1.82, 2.24) is 4.57 Å². The summed E-state index contributed by atoms with van der Waals surface area (Å²) in [7, 11) is 1.87. The number of aromatic nitrogens is 1. The Bertz CT molecular complexity index is 648. The molecule has 4 heteroatoms. The summed E-state index contributed by atoms with van der Waals surface area (Å²) in [5.74, 6) is 0. The number of benzene rings is 1. The number of hydrogen-bond acceptors (Lipinski definition) is 3. The molecule has 0 atom stereocenters. The highest BCUT2D eigenvalue weighted by molar-refractivity contribution is 5.82. The summed E-state index contributed by atoms with van der Waals surface area (Å²) >= 11 is 0. The van der Waals surface area contributed by atoms with E-state index in [-0.39, 0.29) is 0 Å². The minimum Gasteiger partial charge on any atom is -0.411 e. The summed E-state index contributed by atoms with van der Waals surface area (Å²) in [5, 5.41) is 20.5. The first-order valence-electron chi connectivity index (χ1n) is 5.51. The van der Waals surface area contributed by atoms with E-state index in [0.29, 0.717) is 5.69 Å². The van der Waals surface area contributed by atoms with Crippen LogP contribution in [-0.4, -0.2) is 16.0 Å². The van der Waals surface area contributed by atoms with E-state index in [1.165, 1.54) is 6.21 Å². The molecule has 18 heavy (non-hydrogen) atoms. The highest BCUT2D eigenvalue weighted by Crippen LogP contribution is 2.23. The van der Waals surface area contributed by atoms with E-state index in [1.807, 2.05) is 42.8 Å². The number of hydrogen-bond donors (Lipinski definition) is 1. The fourth-order valence-corrected chi connectivity index (χ4v) is 1.96. The molecule has 2 rings (SSSR count). The van der Waals surface area contributed by atoms with Gasteiger partial charge in [0.05, 0.1) is 6.21 Å². The molecular weight excluding hydrogens is 226 g/mol. The van der Waals surface area contributed by atoms with Crippen molar-refractivity contribution >= 4 is 6.21 Å². The molecule has 2 aromatic rings. The van der Waals surface area contributed by atoms with Gasteiger partial charge in [0.25, 0.3) is 0 Å². The van der Waals surface area contributed by atoms with Crippen LogP contribution in [0.3, 0.4) is 0 Å². The number of nitriles is 1. The Kier molecular flexibility index (Phi) is 3.16. The summed E-state index contributed by atoms with van der Waals surface area (Å²) in [6, 6.07) is 11.7. The molecule has 0 unspecified atom stereocenters. The van der Waals surface area contributed by atoms with Gasteiger partial charge in [-0.1, -0.05) is 17.3 Å². The minimum atomic E-state index is 0.628. The lowest BCUT2D eigenvalue weighted by atomic mass is 10.0. The van der Waals surface area contributed by atoms with Crippen LogP contribution in [0, 0.1) is 18.3 Å². The van der Waals surface area contributed by atoms with Gasteiger partial charge in [-0.25, -0.2) is 0 Å². The smallest absolute Gasteiger partial charge is 0.120 e. The summed E-state index contributed by atoms with van der Waals surface area (Å²) in [6.07, 6.45) is 1.41. The summed E-state index contributed by atoms with van der Waals surface area (Å²) in [5.41, 5.74) is 4.54. The lowest BCUT2D eigenvalue weighted by Gasteiger charge is -2.07. The molecule has 1 aromatic carbocycles. The van der Waals surface area contributed by atoms with Crippen LogP contribution in [0.15, 0.2) is 35.5 Å². The third-order valence-corrected chi connectivity index (χ3v) is 3.00. The first-order chi connectivity index (χ1) is 8.67. The van der Waals surface area contributed by atoms with Gasteiger partial charge in [-0.15, -0.1) is 0 Å². The number of nitrogens with zero attached hydrogens (tertiary/aromatic N) is 3. The van der Waals surface area contributed by atoms with Gasteiger partial charge >= 0.3 is 0 Å². The van der Waals surface area contributed by atoms with Gasteiger partial charge in [0.1, 0.15) is 11.8 Å². The number of rotatable bonds is 2. The summed E-state index contributed by atoms with van der Waals surface area (Å²) in [6.45, 7) is 1.95. The van der Waals surface area contributed by atoms with Crippen LogP contribution in [0.1, 0.15) is 16.8 Å². The Morgan fingerprint density at radius 2 is 2.11 bits per heavy atom. The van der Waals surface area contributed by atoms with Crippen molar-refractivity contribution in [3.8, 4) is 17.3 Å². The lowest BCUT2D eigenvalue weighted by molar-refractivity contribution is 0.322. The Hall–Kier alpha value is -2.54. The maximum Gasteiger partial charge on any atom is 0.120 e. The molecular formula is C14H13N3O. The zero-order valence-electron chi connectivity index (χ0n) is 10.3. The second-order valence-electron chi connectivity index (χ2n) is 4.09. The molecule has 0 aliphatic rings. The molecule has 0 aliphatic carbocycles. The van der Waals surface area contributed by atoms with Crippen LogP contribution in [0.5, 0.6) is 0 Å². The highest BCUT2D eigenvalue weighted by Gasteiger charge is 2.07. The molecule has 1 aromatic heterocycles. The van der Waals surface area contributed by atoms with E-state index in [1.54, 1.807) is 6.07 Å². The predicted molar refractivity (Wildman–Crippen MR) is 69.7 cm³/mol. The van der Waals surface area contributed by atoms with E-state index in [4.69, 9.17) is 10.5 Å². The SMILES string of the molecule is Cc1cc(-c2ccc(C#N)n2C)ccc1C=NO. The van der Waals surface area contributed by atoms with Crippen molar-refractivity contribution in [3.05, 3.63) is 47.2 Å². The van der Waals surface area contributed by atoms with Gasteiger partial charge in [-0.3, -0.25) is 0 Å². The third kappa shape index (κ3) is 1.98. The molecule has 1 N–H and O–H groups in total. The minimum absolute atomic E-state index is 0.628. The van der Waals surface area contributed by atoms with Gasteiger partial charge in [0.15, 0.2) is 0 Å². The van der Waals surface area contributed by atoms with Gasteiger partial charge in [0, 0.05) is 12.7 Å². The normalized spacial score (nSPS) is 10.7. The Balaban J connectivity index is 2.49. The van der Waals surface area contributed by atoms with Crippen LogP contribution in [-0.2, 0) is 7.05 Å². The van der Waals surface area contributed by atoms with Crippen LogP contribution in [0.2, 0.25) is 0 Å². The topological polar surface area (TPSA) is 61.3 Å². The largest absolute Gasteiger partial charge is 0.411 e. The molecule has 0 saturated heterocycles. The molecule has 0 spiro atoms.